The fourth-order valence-electron chi connectivity index (χ4n) is 2.76. The van der Waals surface area contributed by atoms with Crippen LogP contribution in [0.2, 0.25) is 0 Å². The van der Waals surface area contributed by atoms with Crippen LogP contribution in [0.25, 0.3) is 0 Å². The summed E-state index contributed by atoms with van der Waals surface area (Å²) in [5.74, 6) is 2.55. The Bertz CT molecular complexity index is 411. The molecule has 0 atom stereocenters. The molecule has 1 saturated heterocycles. The van der Waals surface area contributed by atoms with E-state index in [1.165, 1.54) is 24.0 Å². The van der Waals surface area contributed by atoms with Crippen LogP contribution in [-0.2, 0) is 0 Å². The lowest BCUT2D eigenvalue weighted by molar-refractivity contribution is 0.168. The molecule has 0 radical (unpaired) electrons. The van der Waals surface area contributed by atoms with E-state index < -0.39 is 0 Å². The average Bonchev–Trinajstić information content (AvgIpc) is 2.39. The van der Waals surface area contributed by atoms with Crippen LogP contribution in [0.4, 0.5) is 0 Å². The first-order valence-corrected chi connectivity index (χ1v) is 6.45. The molecule has 2 heterocycles. The molecular weight excluding hydrogens is 214 g/mol. The van der Waals surface area contributed by atoms with Crippen LogP contribution < -0.4 is 14.8 Å². The zero-order valence-corrected chi connectivity index (χ0v) is 10.3. The number of hydrogen-bond acceptors (Lipinski definition) is 3. The van der Waals surface area contributed by atoms with Gasteiger partial charge in [-0.2, -0.15) is 0 Å². The van der Waals surface area contributed by atoms with E-state index in [9.17, 15) is 0 Å². The second-order valence-corrected chi connectivity index (χ2v) is 4.90. The van der Waals surface area contributed by atoms with Crippen molar-refractivity contribution in [3.63, 3.8) is 0 Å². The Morgan fingerprint density at radius 1 is 1.12 bits per heavy atom. The normalized spacial score (nSPS) is 20.3. The van der Waals surface area contributed by atoms with Crippen molar-refractivity contribution in [2.45, 2.75) is 25.7 Å². The Hall–Kier alpha value is -1.22. The molecular formula is C14H19NO2. The van der Waals surface area contributed by atoms with E-state index in [-0.39, 0.29) is 0 Å². The summed E-state index contributed by atoms with van der Waals surface area (Å²) >= 11 is 0. The van der Waals surface area contributed by atoms with Crippen LogP contribution >= 0.6 is 0 Å². The first kappa shape index (κ1) is 10.9. The van der Waals surface area contributed by atoms with Crippen LogP contribution in [-0.4, -0.2) is 26.3 Å². The molecule has 3 heteroatoms. The largest absolute Gasteiger partial charge is 0.486 e. The molecule has 17 heavy (non-hydrogen) atoms. The first-order valence-electron chi connectivity index (χ1n) is 6.45. The monoisotopic (exact) mass is 233 g/mol. The highest BCUT2D eigenvalue weighted by Gasteiger charge is 2.24. The van der Waals surface area contributed by atoms with Crippen LogP contribution in [0.15, 0.2) is 12.1 Å². The molecule has 92 valence electrons. The number of benzene rings is 1. The zero-order chi connectivity index (χ0) is 11.7. The second kappa shape index (κ2) is 4.57. The molecule has 3 rings (SSSR count). The number of rotatable bonds is 1. The molecule has 1 aromatic carbocycles. The average molecular weight is 233 g/mol. The minimum Gasteiger partial charge on any atom is -0.486 e. The lowest BCUT2D eigenvalue weighted by Gasteiger charge is -2.28. The van der Waals surface area contributed by atoms with Gasteiger partial charge in [0.2, 0.25) is 0 Å². The fourth-order valence-corrected chi connectivity index (χ4v) is 2.76. The van der Waals surface area contributed by atoms with Gasteiger partial charge >= 0.3 is 0 Å². The predicted octanol–water partition coefficient (Wildman–Crippen LogP) is 2.23. The lowest BCUT2D eigenvalue weighted by Crippen LogP contribution is -2.27. The molecule has 2 aliphatic rings. The number of ether oxygens (including phenoxy) is 2. The van der Waals surface area contributed by atoms with E-state index in [4.69, 9.17) is 9.47 Å². The van der Waals surface area contributed by atoms with E-state index in [1.807, 2.05) is 0 Å². The SMILES string of the molecule is Cc1cc2c(c(C3CCNCC3)c1)OCCO2. The van der Waals surface area contributed by atoms with Crippen LogP contribution in [0.5, 0.6) is 11.5 Å². The molecule has 3 nitrogen and oxygen atoms in total. The third kappa shape index (κ3) is 2.12. The summed E-state index contributed by atoms with van der Waals surface area (Å²) in [5.41, 5.74) is 2.61. The topological polar surface area (TPSA) is 30.5 Å². The zero-order valence-electron chi connectivity index (χ0n) is 10.3. The van der Waals surface area contributed by atoms with Gasteiger partial charge in [0, 0.05) is 5.56 Å². The molecule has 0 bridgehead atoms. The standard InChI is InChI=1S/C14H19NO2/c1-10-8-12(11-2-4-15-5-3-11)14-13(9-10)16-6-7-17-14/h8-9,11,15H,2-7H2,1H3. The van der Waals surface area contributed by atoms with Crippen molar-refractivity contribution in [3.8, 4) is 11.5 Å². The third-order valence-corrected chi connectivity index (χ3v) is 3.59. The van der Waals surface area contributed by atoms with Gasteiger partial charge in [-0.25, -0.2) is 0 Å². The summed E-state index contributed by atoms with van der Waals surface area (Å²) in [7, 11) is 0. The first-order chi connectivity index (χ1) is 8.34. The van der Waals surface area contributed by atoms with Gasteiger partial charge in [0.25, 0.3) is 0 Å². The summed E-state index contributed by atoms with van der Waals surface area (Å²) in [6.45, 7) is 5.68. The second-order valence-electron chi connectivity index (χ2n) is 4.90. The highest BCUT2D eigenvalue weighted by molar-refractivity contribution is 5.51. The Kier molecular flexibility index (Phi) is 2.93. The molecule has 0 aromatic heterocycles. The van der Waals surface area contributed by atoms with Gasteiger partial charge in [-0.15, -0.1) is 0 Å². The van der Waals surface area contributed by atoms with Crippen molar-refractivity contribution in [3.05, 3.63) is 23.3 Å². The fraction of sp³-hybridized carbons (Fsp3) is 0.571. The van der Waals surface area contributed by atoms with E-state index >= 15 is 0 Å². The number of nitrogens with one attached hydrogen (secondary N) is 1. The van der Waals surface area contributed by atoms with Crippen LogP contribution in [0.3, 0.4) is 0 Å². The highest BCUT2D eigenvalue weighted by Crippen LogP contribution is 2.41. The van der Waals surface area contributed by atoms with Gasteiger partial charge in [-0.05, 0) is 50.4 Å². The Morgan fingerprint density at radius 3 is 2.71 bits per heavy atom. The minimum absolute atomic E-state index is 0.617. The lowest BCUT2D eigenvalue weighted by atomic mass is 9.88. The van der Waals surface area contributed by atoms with E-state index in [0.717, 1.165) is 24.6 Å². The maximum Gasteiger partial charge on any atom is 0.164 e. The molecule has 2 aliphatic heterocycles. The summed E-state index contributed by atoms with van der Waals surface area (Å²) in [6, 6.07) is 4.35. The summed E-state index contributed by atoms with van der Waals surface area (Å²) in [5, 5.41) is 3.41. The summed E-state index contributed by atoms with van der Waals surface area (Å²) < 4.78 is 11.5. The molecule has 0 aliphatic carbocycles. The number of hydrogen-bond donors (Lipinski definition) is 1. The summed E-state index contributed by atoms with van der Waals surface area (Å²) in [6.07, 6.45) is 2.39. The number of fused-ring (bicyclic) bond motifs is 1. The molecule has 0 unspecified atom stereocenters. The maximum atomic E-state index is 5.82. The van der Waals surface area contributed by atoms with Crippen LogP contribution in [0, 0.1) is 6.92 Å². The molecule has 0 spiro atoms. The Morgan fingerprint density at radius 2 is 1.88 bits per heavy atom. The van der Waals surface area contributed by atoms with E-state index in [2.05, 4.69) is 24.4 Å². The van der Waals surface area contributed by atoms with E-state index in [0.29, 0.717) is 19.1 Å². The third-order valence-electron chi connectivity index (χ3n) is 3.59. The van der Waals surface area contributed by atoms with Gasteiger partial charge in [-0.1, -0.05) is 6.07 Å². The minimum atomic E-state index is 0.617. The van der Waals surface area contributed by atoms with Crippen molar-refractivity contribution < 1.29 is 9.47 Å². The van der Waals surface area contributed by atoms with Crippen molar-refractivity contribution in [1.29, 1.82) is 0 Å². The van der Waals surface area contributed by atoms with Crippen molar-refractivity contribution in [2.75, 3.05) is 26.3 Å². The molecule has 0 saturated carbocycles. The van der Waals surface area contributed by atoms with Crippen LogP contribution in [0.1, 0.15) is 29.9 Å². The maximum absolute atomic E-state index is 5.82. The number of piperidine rings is 1. The van der Waals surface area contributed by atoms with Crippen molar-refractivity contribution >= 4 is 0 Å². The molecule has 0 amide bonds. The number of aryl methyl sites for hydroxylation is 1. The molecule has 1 aromatic rings. The summed E-state index contributed by atoms with van der Waals surface area (Å²) in [4.78, 5) is 0. The molecule has 1 fully saturated rings. The predicted molar refractivity (Wildman–Crippen MR) is 67.0 cm³/mol. The van der Waals surface area contributed by atoms with E-state index in [1.54, 1.807) is 0 Å². The van der Waals surface area contributed by atoms with Gasteiger partial charge < -0.3 is 14.8 Å². The van der Waals surface area contributed by atoms with Gasteiger partial charge in [0.1, 0.15) is 13.2 Å². The quantitative estimate of drug-likeness (QED) is 0.807. The Balaban J connectivity index is 1.98. The smallest absolute Gasteiger partial charge is 0.164 e. The van der Waals surface area contributed by atoms with Gasteiger partial charge in [-0.3, -0.25) is 0 Å². The Labute approximate surface area is 102 Å². The van der Waals surface area contributed by atoms with Gasteiger partial charge in [0.05, 0.1) is 0 Å². The molecule has 1 N–H and O–H groups in total. The van der Waals surface area contributed by atoms with Crippen molar-refractivity contribution in [1.82, 2.24) is 5.32 Å². The van der Waals surface area contributed by atoms with Gasteiger partial charge in [0.15, 0.2) is 11.5 Å². The van der Waals surface area contributed by atoms with Crippen molar-refractivity contribution in [2.24, 2.45) is 0 Å². The highest BCUT2D eigenvalue weighted by atomic mass is 16.6.